The van der Waals surface area contributed by atoms with Crippen molar-refractivity contribution in [2.45, 2.75) is 44.3 Å². The number of anilines is 1. The zero-order valence-electron chi connectivity index (χ0n) is 17.8. The smallest absolute Gasteiger partial charge is 0.336 e. The minimum Gasteiger partial charge on any atom is -0.408 e. The third-order valence-electron chi connectivity index (χ3n) is 5.40. The molecule has 0 radical (unpaired) electrons. The van der Waals surface area contributed by atoms with Gasteiger partial charge in [-0.3, -0.25) is 4.79 Å². The Hall–Kier alpha value is -3.00. The molecule has 0 bridgehead atoms. The van der Waals surface area contributed by atoms with E-state index in [1.165, 1.54) is 4.90 Å². The lowest BCUT2D eigenvalue weighted by Crippen LogP contribution is -2.39. The van der Waals surface area contributed by atoms with Crippen molar-refractivity contribution in [2.75, 3.05) is 17.2 Å². The first-order valence-corrected chi connectivity index (χ1v) is 11.9. The second-order valence-corrected chi connectivity index (χ2v) is 10.6. The van der Waals surface area contributed by atoms with Crippen LogP contribution in [0.1, 0.15) is 38.3 Å². The molecular formula is C23H25N3O4S. The van der Waals surface area contributed by atoms with Crippen molar-refractivity contribution < 1.29 is 17.6 Å². The summed E-state index contributed by atoms with van der Waals surface area (Å²) in [6.45, 7) is 6.81. The minimum atomic E-state index is -4.06. The summed E-state index contributed by atoms with van der Waals surface area (Å²) in [6, 6.07) is 15.1. The van der Waals surface area contributed by atoms with Gasteiger partial charge in [0.25, 0.3) is 0 Å². The van der Waals surface area contributed by atoms with Gasteiger partial charge in [0.1, 0.15) is 5.75 Å². The van der Waals surface area contributed by atoms with Crippen LogP contribution in [-0.4, -0.2) is 36.8 Å². The van der Waals surface area contributed by atoms with Crippen LogP contribution in [0, 0.1) is 0 Å². The van der Waals surface area contributed by atoms with Crippen molar-refractivity contribution in [1.82, 2.24) is 10.2 Å². The van der Waals surface area contributed by atoms with Crippen molar-refractivity contribution in [1.29, 1.82) is 0 Å². The Morgan fingerprint density at radius 1 is 1.06 bits per heavy atom. The standard InChI is InChI=1S/C23H25N3O4S/c1-23(2,3)18-12-10-17(11-13-18)21-24-25-22(30-21)31(28,29)15-20(27)26-14-6-8-16-7-4-5-9-19(16)26/h4-5,7,9-13H,6,8,14-15H2,1-3H3. The lowest BCUT2D eigenvalue weighted by atomic mass is 9.87. The molecule has 31 heavy (non-hydrogen) atoms. The molecule has 3 aromatic rings. The Morgan fingerprint density at radius 3 is 2.48 bits per heavy atom. The van der Waals surface area contributed by atoms with Crippen LogP contribution in [0.5, 0.6) is 0 Å². The first-order chi connectivity index (χ1) is 14.6. The third kappa shape index (κ3) is 4.39. The molecule has 2 aromatic carbocycles. The zero-order chi connectivity index (χ0) is 22.2. The predicted octanol–water partition coefficient (Wildman–Crippen LogP) is 3.79. The Morgan fingerprint density at radius 2 is 1.77 bits per heavy atom. The number of aryl methyl sites for hydroxylation is 1. The molecule has 1 amide bonds. The second-order valence-electron chi connectivity index (χ2n) is 8.74. The lowest BCUT2D eigenvalue weighted by Gasteiger charge is -2.29. The van der Waals surface area contributed by atoms with Crippen LogP contribution in [0.15, 0.2) is 58.2 Å². The molecule has 0 unspecified atom stereocenters. The van der Waals surface area contributed by atoms with Gasteiger partial charge in [-0.25, -0.2) is 8.42 Å². The summed E-state index contributed by atoms with van der Waals surface area (Å²) in [5.74, 6) is -1.11. The van der Waals surface area contributed by atoms with Crippen LogP contribution in [0.3, 0.4) is 0 Å². The van der Waals surface area contributed by atoms with E-state index in [0.29, 0.717) is 12.1 Å². The lowest BCUT2D eigenvalue weighted by molar-refractivity contribution is -0.116. The van der Waals surface area contributed by atoms with E-state index in [4.69, 9.17) is 4.42 Å². The average molecular weight is 440 g/mol. The zero-order valence-corrected chi connectivity index (χ0v) is 18.6. The molecule has 0 spiro atoms. The fourth-order valence-electron chi connectivity index (χ4n) is 3.66. The van der Waals surface area contributed by atoms with Crippen molar-refractivity contribution in [2.24, 2.45) is 0 Å². The molecule has 4 rings (SSSR count). The second kappa shape index (κ2) is 7.92. The average Bonchev–Trinajstić information content (AvgIpc) is 3.24. The molecular weight excluding hydrogens is 414 g/mol. The first kappa shape index (κ1) is 21.2. The number of benzene rings is 2. The monoisotopic (exact) mass is 439 g/mol. The maximum atomic E-state index is 12.8. The number of hydrogen-bond donors (Lipinski definition) is 0. The summed E-state index contributed by atoms with van der Waals surface area (Å²) < 4.78 is 31.0. The van der Waals surface area contributed by atoms with Gasteiger partial charge in [0.15, 0.2) is 0 Å². The molecule has 2 heterocycles. The van der Waals surface area contributed by atoms with Gasteiger partial charge in [-0.1, -0.05) is 56.2 Å². The van der Waals surface area contributed by atoms with Gasteiger partial charge >= 0.3 is 5.22 Å². The van der Waals surface area contributed by atoms with Crippen LogP contribution in [0.4, 0.5) is 5.69 Å². The molecule has 0 atom stereocenters. The fraction of sp³-hybridized carbons (Fsp3) is 0.348. The van der Waals surface area contributed by atoms with Crippen LogP contribution in [0.2, 0.25) is 0 Å². The van der Waals surface area contributed by atoms with E-state index in [2.05, 4.69) is 31.0 Å². The third-order valence-corrected chi connectivity index (χ3v) is 6.72. The summed E-state index contributed by atoms with van der Waals surface area (Å²) in [4.78, 5) is 14.3. The maximum absolute atomic E-state index is 12.8. The van der Waals surface area contributed by atoms with Gasteiger partial charge in [-0.2, -0.15) is 0 Å². The van der Waals surface area contributed by atoms with Gasteiger partial charge in [0.2, 0.25) is 21.6 Å². The Balaban J connectivity index is 1.53. The topological polar surface area (TPSA) is 93.4 Å². The summed E-state index contributed by atoms with van der Waals surface area (Å²) in [5, 5.41) is 7.04. The molecule has 0 N–H and O–H groups in total. The van der Waals surface area contributed by atoms with E-state index in [-0.39, 0.29) is 11.3 Å². The predicted molar refractivity (Wildman–Crippen MR) is 118 cm³/mol. The Bertz CT molecular complexity index is 1210. The molecule has 0 aliphatic carbocycles. The number of carbonyl (C=O) groups excluding carboxylic acids is 1. The van der Waals surface area contributed by atoms with E-state index >= 15 is 0 Å². The summed E-state index contributed by atoms with van der Waals surface area (Å²) >= 11 is 0. The number of carbonyl (C=O) groups is 1. The highest BCUT2D eigenvalue weighted by Crippen LogP contribution is 2.28. The van der Waals surface area contributed by atoms with Gasteiger partial charge < -0.3 is 9.32 Å². The van der Waals surface area contributed by atoms with E-state index < -0.39 is 26.7 Å². The maximum Gasteiger partial charge on any atom is 0.336 e. The van der Waals surface area contributed by atoms with Gasteiger partial charge in [-0.05, 0) is 47.6 Å². The highest BCUT2D eigenvalue weighted by Gasteiger charge is 2.31. The van der Waals surface area contributed by atoms with Crippen LogP contribution in [-0.2, 0) is 26.5 Å². The highest BCUT2D eigenvalue weighted by molar-refractivity contribution is 7.91. The number of amides is 1. The fourth-order valence-corrected chi connectivity index (χ4v) is 4.64. The molecule has 162 valence electrons. The first-order valence-electron chi connectivity index (χ1n) is 10.2. The van der Waals surface area contributed by atoms with Gasteiger partial charge in [0.05, 0.1) is 0 Å². The number of fused-ring (bicyclic) bond motifs is 1. The number of nitrogens with zero attached hydrogens (tertiary/aromatic N) is 3. The molecule has 0 saturated heterocycles. The summed E-state index contributed by atoms with van der Waals surface area (Å²) in [5.41, 5.74) is 3.56. The SMILES string of the molecule is CC(C)(C)c1ccc(-c2nnc(S(=O)(=O)CC(=O)N3CCCc4ccccc43)o2)cc1. The quantitative estimate of drug-likeness (QED) is 0.614. The van der Waals surface area contributed by atoms with Crippen molar-refractivity contribution in [3.05, 3.63) is 59.7 Å². The molecule has 0 fully saturated rings. The van der Waals surface area contributed by atoms with E-state index in [1.54, 1.807) is 0 Å². The molecule has 7 nitrogen and oxygen atoms in total. The van der Waals surface area contributed by atoms with Crippen LogP contribution >= 0.6 is 0 Å². The van der Waals surface area contributed by atoms with Crippen LogP contribution < -0.4 is 4.90 Å². The molecule has 1 aliphatic rings. The number of aromatic nitrogens is 2. The van der Waals surface area contributed by atoms with Crippen LogP contribution in [0.25, 0.3) is 11.5 Å². The highest BCUT2D eigenvalue weighted by atomic mass is 32.2. The molecule has 1 aromatic heterocycles. The van der Waals surface area contributed by atoms with E-state index in [0.717, 1.165) is 29.7 Å². The van der Waals surface area contributed by atoms with Gasteiger partial charge in [0, 0.05) is 17.8 Å². The summed E-state index contributed by atoms with van der Waals surface area (Å²) in [6.07, 6.45) is 1.66. The molecule has 0 saturated carbocycles. The largest absolute Gasteiger partial charge is 0.408 e. The normalized spacial score (nSPS) is 14.4. The van der Waals surface area contributed by atoms with Crippen molar-refractivity contribution >= 4 is 21.4 Å². The minimum absolute atomic E-state index is 0.00466. The number of para-hydroxylation sites is 1. The van der Waals surface area contributed by atoms with E-state index in [9.17, 15) is 13.2 Å². The number of hydrogen-bond acceptors (Lipinski definition) is 6. The van der Waals surface area contributed by atoms with Crippen molar-refractivity contribution in [3.63, 3.8) is 0 Å². The molecule has 8 heteroatoms. The number of rotatable bonds is 4. The van der Waals surface area contributed by atoms with E-state index in [1.807, 2.05) is 48.5 Å². The van der Waals surface area contributed by atoms with Gasteiger partial charge in [-0.15, -0.1) is 5.10 Å². The molecule has 1 aliphatic heterocycles. The summed E-state index contributed by atoms with van der Waals surface area (Å²) in [7, 11) is -4.06. The Labute approximate surface area is 182 Å². The number of sulfone groups is 1. The Kier molecular flexibility index (Phi) is 5.43. The van der Waals surface area contributed by atoms with Crippen molar-refractivity contribution in [3.8, 4) is 11.5 Å².